The minimum atomic E-state index is -0.389. The maximum Gasteiger partial charge on any atom is 0.338 e. The number of hydrogen-bond acceptors (Lipinski definition) is 2. The van der Waals surface area contributed by atoms with Gasteiger partial charge in [0, 0.05) is 15.6 Å². The summed E-state index contributed by atoms with van der Waals surface area (Å²) in [5.41, 5.74) is 2.14. The van der Waals surface area contributed by atoms with E-state index in [1.807, 2.05) is 19.1 Å². The summed E-state index contributed by atoms with van der Waals surface area (Å²) in [5, 5.41) is 0.981. The molecule has 0 aromatic heterocycles. The van der Waals surface area contributed by atoms with Crippen LogP contribution in [-0.4, -0.2) is 5.97 Å². The second kappa shape index (κ2) is 6.09. The van der Waals surface area contributed by atoms with Gasteiger partial charge in [0.05, 0.1) is 5.56 Å². The molecule has 2 aromatic carbocycles. The molecular weight excluding hydrogens is 283 g/mol. The molecular formula is C15H12Cl2O2. The van der Waals surface area contributed by atoms with E-state index >= 15 is 0 Å². The fourth-order valence-electron chi connectivity index (χ4n) is 1.66. The third-order valence-corrected chi connectivity index (χ3v) is 3.37. The first-order chi connectivity index (χ1) is 9.08. The molecule has 2 rings (SSSR count). The van der Waals surface area contributed by atoms with E-state index in [4.69, 9.17) is 27.9 Å². The Morgan fingerprint density at radius 1 is 1.11 bits per heavy atom. The highest BCUT2D eigenvalue weighted by Gasteiger charge is 2.11. The molecule has 0 spiro atoms. The highest BCUT2D eigenvalue weighted by Crippen LogP contribution is 2.25. The molecule has 0 saturated heterocycles. The topological polar surface area (TPSA) is 26.3 Å². The van der Waals surface area contributed by atoms with E-state index in [9.17, 15) is 4.79 Å². The van der Waals surface area contributed by atoms with E-state index < -0.39 is 0 Å². The van der Waals surface area contributed by atoms with Crippen molar-refractivity contribution in [3.8, 4) is 0 Å². The second-order valence-electron chi connectivity index (χ2n) is 4.15. The van der Waals surface area contributed by atoms with Crippen molar-refractivity contribution in [2.45, 2.75) is 13.5 Å². The summed E-state index contributed by atoms with van der Waals surface area (Å²) in [7, 11) is 0. The second-order valence-corrected chi connectivity index (χ2v) is 4.96. The maximum absolute atomic E-state index is 11.9. The van der Waals surface area contributed by atoms with E-state index in [2.05, 4.69) is 0 Å². The van der Waals surface area contributed by atoms with Crippen LogP contribution in [0.3, 0.4) is 0 Å². The van der Waals surface area contributed by atoms with Gasteiger partial charge in [-0.2, -0.15) is 0 Å². The van der Waals surface area contributed by atoms with Crippen LogP contribution in [0, 0.1) is 6.92 Å². The molecule has 0 unspecified atom stereocenters. The number of benzene rings is 2. The highest BCUT2D eigenvalue weighted by atomic mass is 35.5. The number of carbonyl (C=O) groups excluding carboxylic acids is 1. The lowest BCUT2D eigenvalue weighted by atomic mass is 10.1. The molecule has 0 amide bonds. The SMILES string of the molecule is Cc1cccc(C(=O)OCc2c(Cl)cccc2Cl)c1. The Morgan fingerprint density at radius 3 is 2.37 bits per heavy atom. The van der Waals surface area contributed by atoms with Crippen LogP contribution in [0.1, 0.15) is 21.5 Å². The molecule has 0 saturated carbocycles. The lowest BCUT2D eigenvalue weighted by Gasteiger charge is -2.08. The lowest BCUT2D eigenvalue weighted by Crippen LogP contribution is -2.06. The zero-order valence-electron chi connectivity index (χ0n) is 10.3. The Balaban J connectivity index is 2.09. The van der Waals surface area contributed by atoms with Crippen molar-refractivity contribution in [2.24, 2.45) is 0 Å². The van der Waals surface area contributed by atoms with Gasteiger partial charge in [0.2, 0.25) is 0 Å². The monoisotopic (exact) mass is 294 g/mol. The molecule has 0 atom stereocenters. The normalized spacial score (nSPS) is 10.3. The maximum atomic E-state index is 11.9. The first-order valence-corrected chi connectivity index (χ1v) is 6.50. The van der Waals surface area contributed by atoms with Crippen molar-refractivity contribution >= 4 is 29.2 Å². The first kappa shape index (κ1) is 13.9. The van der Waals surface area contributed by atoms with Crippen LogP contribution in [-0.2, 0) is 11.3 Å². The molecule has 0 radical (unpaired) electrons. The van der Waals surface area contributed by atoms with Gasteiger partial charge in [-0.05, 0) is 31.2 Å². The van der Waals surface area contributed by atoms with E-state index in [1.54, 1.807) is 30.3 Å². The molecule has 4 heteroatoms. The molecule has 0 heterocycles. The Labute approximate surface area is 121 Å². The minimum absolute atomic E-state index is 0.0608. The van der Waals surface area contributed by atoms with Crippen LogP contribution in [0.4, 0.5) is 0 Å². The predicted octanol–water partition coefficient (Wildman–Crippen LogP) is 4.66. The molecule has 0 aliphatic rings. The number of halogens is 2. The third-order valence-electron chi connectivity index (χ3n) is 2.66. The molecule has 0 aliphatic heterocycles. The molecule has 2 nitrogen and oxygen atoms in total. The van der Waals surface area contributed by atoms with Gasteiger partial charge in [-0.3, -0.25) is 0 Å². The molecule has 0 fully saturated rings. The van der Waals surface area contributed by atoms with Gasteiger partial charge in [-0.15, -0.1) is 0 Å². The molecule has 98 valence electrons. The number of rotatable bonds is 3. The van der Waals surface area contributed by atoms with Crippen LogP contribution >= 0.6 is 23.2 Å². The van der Waals surface area contributed by atoms with Gasteiger partial charge >= 0.3 is 5.97 Å². The minimum Gasteiger partial charge on any atom is -0.457 e. The summed E-state index contributed by atoms with van der Waals surface area (Å²) in [6.45, 7) is 1.98. The largest absolute Gasteiger partial charge is 0.457 e. The number of aryl methyl sites for hydroxylation is 1. The van der Waals surface area contributed by atoms with Gasteiger partial charge in [0.15, 0.2) is 0 Å². The van der Waals surface area contributed by atoms with Gasteiger partial charge in [0.25, 0.3) is 0 Å². The Bertz CT molecular complexity index is 589. The van der Waals surface area contributed by atoms with Gasteiger partial charge in [-0.25, -0.2) is 4.79 Å². The molecule has 0 bridgehead atoms. The van der Waals surface area contributed by atoms with Crippen LogP contribution in [0.25, 0.3) is 0 Å². The standard InChI is InChI=1S/C15H12Cl2O2/c1-10-4-2-5-11(8-10)15(18)19-9-12-13(16)6-3-7-14(12)17/h2-8H,9H2,1H3. The van der Waals surface area contributed by atoms with E-state index in [1.165, 1.54) is 0 Å². The van der Waals surface area contributed by atoms with Crippen LogP contribution in [0.2, 0.25) is 10.0 Å². The number of ether oxygens (including phenoxy) is 1. The quantitative estimate of drug-likeness (QED) is 0.770. The van der Waals surface area contributed by atoms with E-state index in [-0.39, 0.29) is 12.6 Å². The molecule has 0 aliphatic carbocycles. The molecule has 19 heavy (non-hydrogen) atoms. The fourth-order valence-corrected chi connectivity index (χ4v) is 2.17. The average Bonchev–Trinajstić information content (AvgIpc) is 2.38. The van der Waals surface area contributed by atoms with Gasteiger partial charge in [0.1, 0.15) is 6.61 Å². The van der Waals surface area contributed by atoms with Crippen molar-refractivity contribution in [3.63, 3.8) is 0 Å². The van der Waals surface area contributed by atoms with Crippen molar-refractivity contribution in [2.75, 3.05) is 0 Å². The zero-order valence-corrected chi connectivity index (χ0v) is 11.8. The van der Waals surface area contributed by atoms with Gasteiger partial charge in [-0.1, -0.05) is 47.0 Å². The summed E-state index contributed by atoms with van der Waals surface area (Å²) in [6.07, 6.45) is 0. The number of carbonyl (C=O) groups is 1. The summed E-state index contributed by atoms with van der Waals surface area (Å²) >= 11 is 12.0. The van der Waals surface area contributed by atoms with Crippen molar-refractivity contribution < 1.29 is 9.53 Å². The van der Waals surface area contributed by atoms with Gasteiger partial charge < -0.3 is 4.74 Å². The van der Waals surface area contributed by atoms with Crippen molar-refractivity contribution in [3.05, 3.63) is 69.2 Å². The molecule has 0 N–H and O–H groups in total. The summed E-state index contributed by atoms with van der Waals surface area (Å²) in [5.74, 6) is -0.389. The van der Waals surface area contributed by atoms with Crippen molar-refractivity contribution in [1.82, 2.24) is 0 Å². The average molecular weight is 295 g/mol. The fraction of sp³-hybridized carbons (Fsp3) is 0.133. The molecule has 2 aromatic rings. The highest BCUT2D eigenvalue weighted by molar-refractivity contribution is 6.35. The summed E-state index contributed by atoms with van der Waals surface area (Å²) in [4.78, 5) is 11.9. The summed E-state index contributed by atoms with van der Waals surface area (Å²) < 4.78 is 5.22. The Hall–Kier alpha value is -1.51. The lowest BCUT2D eigenvalue weighted by molar-refractivity contribution is 0.0473. The van der Waals surface area contributed by atoms with Crippen LogP contribution in [0.5, 0.6) is 0 Å². The first-order valence-electron chi connectivity index (χ1n) is 5.74. The predicted molar refractivity (Wildman–Crippen MR) is 76.8 cm³/mol. The van der Waals surface area contributed by atoms with E-state index in [0.29, 0.717) is 21.2 Å². The number of esters is 1. The van der Waals surface area contributed by atoms with E-state index in [0.717, 1.165) is 5.56 Å². The smallest absolute Gasteiger partial charge is 0.338 e. The van der Waals surface area contributed by atoms with Crippen LogP contribution in [0.15, 0.2) is 42.5 Å². The Kier molecular flexibility index (Phi) is 4.46. The van der Waals surface area contributed by atoms with Crippen molar-refractivity contribution in [1.29, 1.82) is 0 Å². The zero-order chi connectivity index (χ0) is 13.8. The van der Waals surface area contributed by atoms with Crippen LogP contribution < -0.4 is 0 Å². The third kappa shape index (κ3) is 3.49. The number of hydrogen-bond donors (Lipinski definition) is 0. The summed E-state index contributed by atoms with van der Waals surface area (Å²) in [6, 6.07) is 12.4. The Morgan fingerprint density at radius 2 is 1.74 bits per heavy atom.